The van der Waals surface area contributed by atoms with Crippen molar-refractivity contribution < 1.29 is 36.9 Å². The third kappa shape index (κ3) is 2.18. The van der Waals surface area contributed by atoms with Gasteiger partial charge in [-0.2, -0.15) is 18.4 Å². The Hall–Kier alpha value is -2.22. The van der Waals surface area contributed by atoms with Gasteiger partial charge >= 0.3 is 6.18 Å². The molecule has 1 amide bonds. The van der Waals surface area contributed by atoms with Crippen LogP contribution in [0.4, 0.5) is 23.2 Å². The number of hydrogen-bond donors (Lipinski definition) is 1. The van der Waals surface area contributed by atoms with Gasteiger partial charge in [-0.25, -0.2) is 4.39 Å². The summed E-state index contributed by atoms with van der Waals surface area (Å²) in [5, 5.41) is 19.4. The minimum atomic E-state index is -4.97. The second-order valence-corrected chi connectivity index (χ2v) is 8.25. The van der Waals surface area contributed by atoms with E-state index in [4.69, 9.17) is 14.7 Å². The van der Waals surface area contributed by atoms with Gasteiger partial charge in [0.1, 0.15) is 29.3 Å². The highest BCUT2D eigenvalue weighted by Crippen LogP contribution is 2.65. The Balaban J connectivity index is 1.65. The zero-order chi connectivity index (χ0) is 20.9. The highest BCUT2D eigenvalue weighted by molar-refractivity contribution is 6.00. The van der Waals surface area contributed by atoms with E-state index in [0.717, 1.165) is 11.0 Å². The fourth-order valence-corrected chi connectivity index (χ4v) is 5.67. The zero-order valence-electron chi connectivity index (χ0n) is 15.2. The van der Waals surface area contributed by atoms with Crippen molar-refractivity contribution >= 4 is 11.6 Å². The summed E-state index contributed by atoms with van der Waals surface area (Å²) in [6.07, 6.45) is -6.03. The molecule has 154 valence electrons. The monoisotopic (exact) mass is 412 g/mol. The molecule has 0 saturated carbocycles. The molecule has 6 nitrogen and oxygen atoms in total. The quantitative estimate of drug-likeness (QED) is 0.716. The summed E-state index contributed by atoms with van der Waals surface area (Å²) < 4.78 is 66.4. The largest absolute Gasteiger partial charge is 0.417 e. The van der Waals surface area contributed by atoms with Crippen LogP contribution >= 0.6 is 0 Å². The highest BCUT2D eigenvalue weighted by Gasteiger charge is 2.78. The molecule has 4 heterocycles. The Kier molecular flexibility index (Phi) is 3.55. The Morgan fingerprint density at radius 3 is 2.76 bits per heavy atom. The lowest BCUT2D eigenvalue weighted by molar-refractivity contribution is -0.143. The van der Waals surface area contributed by atoms with E-state index in [1.54, 1.807) is 6.92 Å². The van der Waals surface area contributed by atoms with Crippen LogP contribution in [0.15, 0.2) is 12.1 Å². The molecule has 0 radical (unpaired) electrons. The SMILES string of the molecule is C[C@@]12O[C@@]3(CCO[C@H]4[C@@H]3[C@@H]1C(=O)N4c1cc(F)c(C#N)c(C(F)(F)F)c1)C[C@H]2O. The number of amides is 1. The van der Waals surface area contributed by atoms with Gasteiger partial charge < -0.3 is 14.6 Å². The number of hydrogen-bond acceptors (Lipinski definition) is 5. The van der Waals surface area contributed by atoms with Crippen LogP contribution in [0.1, 0.15) is 30.9 Å². The molecule has 10 heteroatoms. The number of carbonyl (C=O) groups is 1. The van der Waals surface area contributed by atoms with Gasteiger partial charge in [-0.3, -0.25) is 9.69 Å². The lowest BCUT2D eigenvalue weighted by Crippen LogP contribution is -2.53. The van der Waals surface area contributed by atoms with Crippen molar-refractivity contribution in [3.8, 4) is 6.07 Å². The predicted octanol–water partition coefficient (Wildman–Crippen LogP) is 2.33. The van der Waals surface area contributed by atoms with Gasteiger partial charge in [-0.1, -0.05) is 0 Å². The minimum absolute atomic E-state index is 0.186. The molecule has 0 unspecified atom stereocenters. The number of carbonyl (C=O) groups excluding carboxylic acids is 1. The average molecular weight is 412 g/mol. The number of nitrogens with zero attached hydrogens (tertiary/aromatic N) is 2. The van der Waals surface area contributed by atoms with E-state index in [2.05, 4.69) is 0 Å². The predicted molar refractivity (Wildman–Crippen MR) is 87.8 cm³/mol. The number of nitriles is 1. The van der Waals surface area contributed by atoms with Crippen LogP contribution in [-0.2, 0) is 20.4 Å². The van der Waals surface area contributed by atoms with Crippen molar-refractivity contribution in [3.63, 3.8) is 0 Å². The van der Waals surface area contributed by atoms with E-state index >= 15 is 0 Å². The van der Waals surface area contributed by atoms with E-state index in [9.17, 15) is 27.5 Å². The number of halogens is 4. The van der Waals surface area contributed by atoms with Crippen LogP contribution in [0.2, 0.25) is 0 Å². The van der Waals surface area contributed by atoms with Crippen LogP contribution in [0.5, 0.6) is 0 Å². The fourth-order valence-electron chi connectivity index (χ4n) is 5.67. The summed E-state index contributed by atoms with van der Waals surface area (Å²) in [7, 11) is 0. The number of anilines is 1. The van der Waals surface area contributed by atoms with Crippen LogP contribution < -0.4 is 4.90 Å². The number of aliphatic hydroxyl groups excluding tert-OH is 1. The highest BCUT2D eigenvalue weighted by atomic mass is 19.4. The van der Waals surface area contributed by atoms with Crippen molar-refractivity contribution in [1.29, 1.82) is 5.26 Å². The summed E-state index contributed by atoms with van der Waals surface area (Å²) in [4.78, 5) is 14.3. The van der Waals surface area contributed by atoms with E-state index in [-0.39, 0.29) is 12.3 Å². The Morgan fingerprint density at radius 1 is 1.38 bits per heavy atom. The van der Waals surface area contributed by atoms with Crippen molar-refractivity contribution in [2.24, 2.45) is 11.8 Å². The fraction of sp³-hybridized carbons (Fsp3) is 0.579. The van der Waals surface area contributed by atoms with Crippen LogP contribution in [-0.4, -0.2) is 41.2 Å². The standard InChI is InChI=1S/C19H16F4N2O4/c1-17-12(26)6-18(29-17)2-3-28-16-14(18)13(17)15(27)25(16)8-4-10(19(21,22)23)9(7-24)11(20)5-8/h4-5,12-14,16,26H,2-3,6H2,1H3/t12-,13-,14+,16+,17+,18+/m1/s1. The zero-order valence-corrected chi connectivity index (χ0v) is 15.2. The molecule has 4 aliphatic heterocycles. The topological polar surface area (TPSA) is 82.8 Å². The van der Waals surface area contributed by atoms with Gasteiger partial charge in [-0.15, -0.1) is 0 Å². The first-order chi connectivity index (χ1) is 13.5. The number of ether oxygens (including phenoxy) is 2. The summed E-state index contributed by atoms with van der Waals surface area (Å²) in [6.45, 7) is 1.81. The Morgan fingerprint density at radius 2 is 2.10 bits per heavy atom. The molecule has 4 saturated heterocycles. The second kappa shape index (κ2) is 5.47. The number of rotatable bonds is 1. The summed E-state index contributed by atoms with van der Waals surface area (Å²) in [6, 6.07) is 2.59. The van der Waals surface area contributed by atoms with Gasteiger partial charge in [-0.05, 0) is 19.1 Å². The van der Waals surface area contributed by atoms with Gasteiger partial charge in [0, 0.05) is 24.4 Å². The van der Waals surface area contributed by atoms with E-state index in [1.165, 1.54) is 6.07 Å². The Bertz CT molecular complexity index is 976. The van der Waals surface area contributed by atoms with Gasteiger partial charge in [0.25, 0.3) is 0 Å². The number of aliphatic hydroxyl groups is 1. The summed E-state index contributed by atoms with van der Waals surface area (Å²) >= 11 is 0. The molecule has 6 atom stereocenters. The molecular weight excluding hydrogens is 396 g/mol. The number of benzene rings is 1. The molecule has 1 N–H and O–H groups in total. The average Bonchev–Trinajstić information content (AvgIpc) is 3.17. The van der Waals surface area contributed by atoms with Gasteiger partial charge in [0.05, 0.1) is 29.8 Å². The van der Waals surface area contributed by atoms with Crippen LogP contribution in [0, 0.1) is 29.0 Å². The maximum Gasteiger partial charge on any atom is 0.417 e. The van der Waals surface area contributed by atoms with E-state index in [0.29, 0.717) is 18.9 Å². The first-order valence-corrected chi connectivity index (χ1v) is 9.17. The maximum absolute atomic E-state index is 14.4. The van der Waals surface area contributed by atoms with Gasteiger partial charge in [0.2, 0.25) is 5.91 Å². The second-order valence-electron chi connectivity index (χ2n) is 8.25. The van der Waals surface area contributed by atoms with Crippen molar-refractivity contribution in [2.45, 2.75) is 49.5 Å². The molecule has 1 spiro atoms. The normalized spacial score (nSPS) is 40.3. The summed E-state index contributed by atoms with van der Waals surface area (Å²) in [5.74, 6) is -3.24. The molecule has 5 rings (SSSR count). The summed E-state index contributed by atoms with van der Waals surface area (Å²) in [5.41, 5.74) is -4.88. The van der Waals surface area contributed by atoms with Crippen molar-refractivity contribution in [2.75, 3.05) is 11.5 Å². The molecule has 29 heavy (non-hydrogen) atoms. The Labute approximate surface area is 162 Å². The number of fused-ring (bicyclic) bond motifs is 2. The molecule has 4 fully saturated rings. The molecule has 4 aliphatic rings. The number of alkyl halides is 3. The van der Waals surface area contributed by atoms with Crippen molar-refractivity contribution in [1.82, 2.24) is 0 Å². The third-order valence-electron chi connectivity index (χ3n) is 6.86. The maximum atomic E-state index is 14.4. The molecular formula is C19H16F4N2O4. The first-order valence-electron chi connectivity index (χ1n) is 9.17. The van der Waals surface area contributed by atoms with E-state index in [1.807, 2.05) is 0 Å². The van der Waals surface area contributed by atoms with E-state index < -0.39 is 64.4 Å². The van der Waals surface area contributed by atoms with Crippen LogP contribution in [0.3, 0.4) is 0 Å². The lowest BCUT2D eigenvalue weighted by atomic mass is 9.65. The third-order valence-corrected chi connectivity index (χ3v) is 6.86. The minimum Gasteiger partial charge on any atom is -0.390 e. The molecule has 1 aromatic carbocycles. The molecule has 2 bridgehead atoms. The van der Waals surface area contributed by atoms with Crippen molar-refractivity contribution in [3.05, 3.63) is 29.1 Å². The molecule has 1 aromatic rings. The first kappa shape index (κ1) is 18.8. The van der Waals surface area contributed by atoms with Gasteiger partial charge in [0.15, 0.2) is 0 Å². The van der Waals surface area contributed by atoms with Crippen LogP contribution in [0.25, 0.3) is 0 Å². The molecule has 0 aromatic heterocycles. The molecule has 0 aliphatic carbocycles. The lowest BCUT2D eigenvalue weighted by Gasteiger charge is -2.42. The smallest absolute Gasteiger partial charge is 0.390 e.